The van der Waals surface area contributed by atoms with Gasteiger partial charge in [0, 0.05) is 12.0 Å². The summed E-state index contributed by atoms with van der Waals surface area (Å²) >= 11 is 0. The van der Waals surface area contributed by atoms with Crippen molar-refractivity contribution < 1.29 is 4.74 Å². The Labute approximate surface area is 197 Å². The molecule has 3 heteroatoms. The Bertz CT molecular complexity index is 856. The maximum Gasteiger partial charge on any atom is 0.113 e. The average molecular weight is 439 g/mol. The van der Waals surface area contributed by atoms with Gasteiger partial charge >= 0.3 is 0 Å². The minimum atomic E-state index is -0.0352. The van der Waals surface area contributed by atoms with Gasteiger partial charge in [0.1, 0.15) is 12.4 Å². The summed E-state index contributed by atoms with van der Waals surface area (Å²) in [5.41, 5.74) is 11.3. The summed E-state index contributed by atoms with van der Waals surface area (Å²) in [4.78, 5) is 2.37. The predicted octanol–water partition coefficient (Wildman–Crippen LogP) is 6.59. The fraction of sp³-hybridized carbons (Fsp3) is 0.517. The van der Waals surface area contributed by atoms with Crippen molar-refractivity contribution in [1.82, 2.24) is 4.90 Å². The quantitative estimate of drug-likeness (QED) is 0.553. The number of benzene rings is 2. The van der Waals surface area contributed by atoms with E-state index in [1.807, 2.05) is 13.8 Å². The predicted molar refractivity (Wildman–Crippen MR) is 140 cm³/mol. The van der Waals surface area contributed by atoms with Gasteiger partial charge in [-0.2, -0.15) is 0 Å². The topological polar surface area (TPSA) is 38.5 Å². The first-order valence-electron chi connectivity index (χ1n) is 12.1. The molecule has 0 saturated carbocycles. The Morgan fingerprint density at radius 1 is 1.09 bits per heavy atom. The molecule has 178 valence electrons. The van der Waals surface area contributed by atoms with Crippen molar-refractivity contribution in [3.05, 3.63) is 82.1 Å². The molecule has 0 amide bonds. The first-order chi connectivity index (χ1) is 15.3. The molecule has 2 N–H and O–H groups in total. The summed E-state index contributed by atoms with van der Waals surface area (Å²) in [6.45, 7) is 17.8. The van der Waals surface area contributed by atoms with E-state index in [4.69, 9.17) is 4.74 Å². The summed E-state index contributed by atoms with van der Waals surface area (Å²) in [5, 5.41) is 0. The van der Waals surface area contributed by atoms with Crippen molar-refractivity contribution in [3.8, 4) is 0 Å². The average Bonchev–Trinajstić information content (AvgIpc) is 2.80. The molecule has 0 aliphatic carbocycles. The van der Waals surface area contributed by atoms with E-state index in [2.05, 4.69) is 101 Å². The van der Waals surface area contributed by atoms with E-state index in [0.717, 1.165) is 25.3 Å². The highest BCUT2D eigenvalue weighted by atomic mass is 16.5. The normalized spacial score (nSPS) is 18.2. The molecule has 0 radical (unpaired) electrons. The van der Waals surface area contributed by atoms with Gasteiger partial charge in [-0.1, -0.05) is 84.0 Å². The summed E-state index contributed by atoms with van der Waals surface area (Å²) in [5.74, 6) is 1.62. The maximum atomic E-state index is 6.38. The maximum absolute atomic E-state index is 6.38. The van der Waals surface area contributed by atoms with Crippen molar-refractivity contribution in [2.24, 2.45) is 5.73 Å². The standard InChI is InChI=1S/C26H35NO.C2H6.CH5N/c1-7-21-11-8-10-20(4)25(21)17-28-24-15-26(5,18-27(6)16-24)23-13-9-12-22(14-23)19(2)3;2*1-2/h8-15,19H,7,16-18H2,1-6H3;1-2H3;2H2,1H3. The molecule has 0 saturated heterocycles. The molecule has 0 fully saturated rings. The van der Waals surface area contributed by atoms with E-state index < -0.39 is 0 Å². The number of nitrogens with zero attached hydrogens (tertiary/aromatic N) is 1. The highest BCUT2D eigenvalue weighted by molar-refractivity contribution is 5.38. The lowest BCUT2D eigenvalue weighted by Gasteiger charge is -2.37. The summed E-state index contributed by atoms with van der Waals surface area (Å²) < 4.78 is 6.38. The minimum Gasteiger partial charge on any atom is -0.492 e. The third kappa shape index (κ3) is 7.21. The van der Waals surface area contributed by atoms with E-state index in [1.54, 1.807) is 0 Å². The van der Waals surface area contributed by atoms with Gasteiger partial charge < -0.3 is 10.5 Å². The van der Waals surface area contributed by atoms with Crippen LogP contribution in [0.15, 0.2) is 54.3 Å². The number of rotatable bonds is 6. The van der Waals surface area contributed by atoms with Gasteiger partial charge in [0.05, 0.1) is 6.54 Å². The Balaban J connectivity index is 0.00000121. The third-order valence-electron chi connectivity index (χ3n) is 6.01. The molecule has 3 nitrogen and oxygen atoms in total. The molecule has 1 heterocycles. The molecule has 2 aromatic carbocycles. The first-order valence-corrected chi connectivity index (χ1v) is 12.1. The molecule has 1 aliphatic heterocycles. The molecule has 1 unspecified atom stereocenters. The van der Waals surface area contributed by atoms with E-state index in [-0.39, 0.29) is 5.41 Å². The first kappa shape index (κ1) is 27.9. The SMILES string of the molecule is CC.CCc1cccc(C)c1COC1=CC(C)(c2cccc(C(C)C)c2)CN(C)C1.CN. The molecular weight excluding hydrogens is 392 g/mol. The van der Waals surface area contributed by atoms with Gasteiger partial charge in [-0.05, 0) is 67.3 Å². The van der Waals surface area contributed by atoms with E-state index in [9.17, 15) is 0 Å². The van der Waals surface area contributed by atoms with Crippen LogP contribution in [0.25, 0.3) is 0 Å². The zero-order valence-corrected chi connectivity index (χ0v) is 22.0. The van der Waals surface area contributed by atoms with Crippen LogP contribution in [-0.2, 0) is 23.2 Å². The van der Waals surface area contributed by atoms with Crippen LogP contribution in [0.5, 0.6) is 0 Å². The van der Waals surface area contributed by atoms with Gasteiger partial charge in [0.2, 0.25) is 0 Å². The number of aryl methyl sites for hydroxylation is 2. The lowest BCUT2D eigenvalue weighted by molar-refractivity contribution is 0.142. The second-order valence-electron chi connectivity index (χ2n) is 8.84. The zero-order chi connectivity index (χ0) is 24.3. The highest BCUT2D eigenvalue weighted by Gasteiger charge is 2.31. The van der Waals surface area contributed by atoms with Crippen LogP contribution in [-0.4, -0.2) is 32.1 Å². The highest BCUT2D eigenvalue weighted by Crippen LogP contribution is 2.33. The van der Waals surface area contributed by atoms with E-state index >= 15 is 0 Å². The van der Waals surface area contributed by atoms with Crippen molar-refractivity contribution in [2.75, 3.05) is 27.2 Å². The largest absolute Gasteiger partial charge is 0.492 e. The van der Waals surface area contributed by atoms with Crippen LogP contribution in [0.2, 0.25) is 0 Å². The molecule has 0 aromatic heterocycles. The van der Waals surface area contributed by atoms with Gasteiger partial charge in [-0.15, -0.1) is 0 Å². The van der Waals surface area contributed by atoms with Crippen LogP contribution in [0, 0.1) is 6.92 Å². The van der Waals surface area contributed by atoms with Crippen LogP contribution in [0.3, 0.4) is 0 Å². The van der Waals surface area contributed by atoms with E-state index in [1.165, 1.54) is 34.9 Å². The Morgan fingerprint density at radius 2 is 1.75 bits per heavy atom. The molecular formula is C29H46N2O. The Kier molecular flexibility index (Phi) is 11.7. The number of ether oxygens (including phenoxy) is 1. The number of hydrogen-bond donors (Lipinski definition) is 1. The monoisotopic (exact) mass is 438 g/mol. The van der Waals surface area contributed by atoms with Gasteiger partial charge in [0.25, 0.3) is 0 Å². The van der Waals surface area contributed by atoms with Crippen molar-refractivity contribution in [1.29, 1.82) is 0 Å². The second-order valence-corrected chi connectivity index (χ2v) is 8.84. The summed E-state index contributed by atoms with van der Waals surface area (Å²) in [7, 11) is 3.69. The van der Waals surface area contributed by atoms with Crippen LogP contribution >= 0.6 is 0 Å². The van der Waals surface area contributed by atoms with Gasteiger partial charge in [-0.3, -0.25) is 4.90 Å². The summed E-state index contributed by atoms with van der Waals surface area (Å²) in [6, 6.07) is 15.6. The lowest BCUT2D eigenvalue weighted by atomic mass is 9.78. The molecule has 0 spiro atoms. The fourth-order valence-corrected chi connectivity index (χ4v) is 4.31. The third-order valence-corrected chi connectivity index (χ3v) is 6.01. The number of likely N-dealkylation sites (N-methyl/N-ethyl adjacent to an activating group) is 1. The van der Waals surface area contributed by atoms with Crippen LogP contribution < -0.4 is 5.73 Å². The summed E-state index contributed by atoms with van der Waals surface area (Å²) in [6.07, 6.45) is 3.40. The lowest BCUT2D eigenvalue weighted by Crippen LogP contribution is -2.41. The van der Waals surface area contributed by atoms with Crippen molar-refractivity contribution >= 4 is 0 Å². The van der Waals surface area contributed by atoms with Gasteiger partial charge in [-0.25, -0.2) is 0 Å². The van der Waals surface area contributed by atoms with Crippen LogP contribution in [0.4, 0.5) is 0 Å². The molecule has 1 aliphatic rings. The minimum absolute atomic E-state index is 0.0352. The van der Waals surface area contributed by atoms with Crippen LogP contribution in [0.1, 0.15) is 75.3 Å². The molecule has 1 atom stereocenters. The molecule has 2 aromatic rings. The van der Waals surface area contributed by atoms with Crippen molar-refractivity contribution in [2.45, 2.75) is 72.8 Å². The fourth-order valence-electron chi connectivity index (χ4n) is 4.31. The Hall–Kier alpha value is -2.10. The molecule has 3 rings (SSSR count). The number of hydrogen-bond acceptors (Lipinski definition) is 3. The zero-order valence-electron chi connectivity index (χ0n) is 22.0. The number of nitrogens with two attached hydrogens (primary N) is 1. The smallest absolute Gasteiger partial charge is 0.113 e. The molecule has 32 heavy (non-hydrogen) atoms. The Morgan fingerprint density at radius 3 is 2.38 bits per heavy atom. The van der Waals surface area contributed by atoms with Gasteiger partial charge in [0.15, 0.2) is 0 Å². The molecule has 0 bridgehead atoms. The second kappa shape index (κ2) is 13.4. The van der Waals surface area contributed by atoms with Crippen molar-refractivity contribution in [3.63, 3.8) is 0 Å². The van der Waals surface area contributed by atoms with E-state index in [0.29, 0.717) is 12.5 Å².